The van der Waals surface area contributed by atoms with E-state index in [1.807, 2.05) is 12.1 Å². The summed E-state index contributed by atoms with van der Waals surface area (Å²) in [4.78, 5) is 0. The van der Waals surface area contributed by atoms with Gasteiger partial charge in [0.15, 0.2) is 11.5 Å². The molecule has 0 heterocycles. The molecule has 0 unspecified atom stereocenters. The summed E-state index contributed by atoms with van der Waals surface area (Å²) in [6.45, 7) is 7.44. The highest BCUT2D eigenvalue weighted by Gasteiger charge is 2.24. The summed E-state index contributed by atoms with van der Waals surface area (Å²) in [6, 6.07) is 6.09. The monoisotopic (exact) mass is 262 g/mol. The number of benzene rings is 1. The van der Waals surface area contributed by atoms with Crippen molar-refractivity contribution in [2.45, 2.75) is 26.2 Å². The molecule has 0 amide bonds. The third-order valence-corrected chi connectivity index (χ3v) is 3.23. The van der Waals surface area contributed by atoms with E-state index in [9.17, 15) is 0 Å². The van der Waals surface area contributed by atoms with Gasteiger partial charge in [-0.3, -0.25) is 0 Å². The van der Waals surface area contributed by atoms with E-state index in [1.165, 1.54) is 5.56 Å². The molecule has 4 heteroatoms. The van der Waals surface area contributed by atoms with Crippen molar-refractivity contribution in [3.63, 3.8) is 0 Å². The van der Waals surface area contributed by atoms with Crippen molar-refractivity contribution < 1.29 is 9.47 Å². The lowest BCUT2D eigenvalue weighted by molar-refractivity contribution is 0.352. The number of nitrogens with one attached hydrogen (secondary N) is 1. The van der Waals surface area contributed by atoms with Crippen LogP contribution in [0.15, 0.2) is 12.1 Å². The van der Waals surface area contributed by atoms with Crippen molar-refractivity contribution in [1.82, 2.24) is 5.32 Å². The minimum Gasteiger partial charge on any atom is -0.493 e. The fourth-order valence-corrected chi connectivity index (χ4v) is 2.24. The lowest BCUT2D eigenvalue weighted by Crippen LogP contribution is -2.33. The highest BCUT2D eigenvalue weighted by Crippen LogP contribution is 2.35. The Morgan fingerprint density at radius 3 is 2.32 bits per heavy atom. The van der Waals surface area contributed by atoms with Gasteiger partial charge in [0.05, 0.1) is 26.8 Å². The number of hydrogen-bond acceptors (Lipinski definition) is 4. The molecule has 0 spiro atoms. The summed E-state index contributed by atoms with van der Waals surface area (Å²) in [6.07, 6.45) is 0. The maximum atomic E-state index is 8.59. The largest absolute Gasteiger partial charge is 0.493 e. The van der Waals surface area contributed by atoms with Crippen molar-refractivity contribution in [2.75, 3.05) is 27.3 Å². The average molecular weight is 262 g/mol. The van der Waals surface area contributed by atoms with Crippen LogP contribution in [0.25, 0.3) is 0 Å². The summed E-state index contributed by atoms with van der Waals surface area (Å²) >= 11 is 0. The third-order valence-electron chi connectivity index (χ3n) is 3.23. The van der Waals surface area contributed by atoms with Crippen LogP contribution < -0.4 is 14.8 Å². The van der Waals surface area contributed by atoms with Crippen LogP contribution >= 0.6 is 0 Å². The van der Waals surface area contributed by atoms with E-state index in [1.54, 1.807) is 14.2 Å². The van der Waals surface area contributed by atoms with E-state index in [4.69, 9.17) is 14.7 Å². The first-order valence-corrected chi connectivity index (χ1v) is 6.27. The molecular weight excluding hydrogens is 240 g/mol. The Labute approximate surface area is 115 Å². The molecule has 1 rings (SSSR count). The zero-order valence-corrected chi connectivity index (χ0v) is 12.3. The van der Waals surface area contributed by atoms with Gasteiger partial charge in [-0.25, -0.2) is 0 Å². The lowest BCUT2D eigenvalue weighted by atomic mass is 9.81. The fourth-order valence-electron chi connectivity index (χ4n) is 2.24. The summed E-state index contributed by atoms with van der Waals surface area (Å²) < 4.78 is 10.7. The highest BCUT2D eigenvalue weighted by atomic mass is 16.5. The molecule has 0 atom stereocenters. The van der Waals surface area contributed by atoms with Crippen molar-refractivity contribution in [3.8, 4) is 17.6 Å². The highest BCUT2D eigenvalue weighted by molar-refractivity contribution is 5.49. The predicted octanol–water partition coefficient (Wildman–Crippen LogP) is 2.40. The molecule has 1 aromatic rings. The van der Waals surface area contributed by atoms with Gasteiger partial charge < -0.3 is 14.8 Å². The van der Waals surface area contributed by atoms with Gasteiger partial charge in [0.1, 0.15) is 0 Å². The minimum absolute atomic E-state index is 0.0829. The van der Waals surface area contributed by atoms with Gasteiger partial charge in [-0.1, -0.05) is 13.8 Å². The molecule has 0 fully saturated rings. The second-order valence-corrected chi connectivity index (χ2v) is 5.17. The normalized spacial score (nSPS) is 10.9. The Balaban J connectivity index is 3.08. The zero-order chi connectivity index (χ0) is 14.5. The first-order chi connectivity index (χ1) is 8.96. The molecule has 0 radical (unpaired) electrons. The fraction of sp³-hybridized carbons (Fsp3) is 0.533. The second-order valence-electron chi connectivity index (χ2n) is 5.17. The van der Waals surface area contributed by atoms with Gasteiger partial charge in [-0.2, -0.15) is 5.26 Å². The Bertz CT molecular complexity index is 476. The van der Waals surface area contributed by atoms with Crippen molar-refractivity contribution in [3.05, 3.63) is 23.3 Å². The molecule has 0 aromatic heterocycles. The summed E-state index contributed by atoms with van der Waals surface area (Å²) in [5, 5.41) is 11.7. The van der Waals surface area contributed by atoms with E-state index in [-0.39, 0.29) is 5.41 Å². The molecule has 0 aliphatic carbocycles. The quantitative estimate of drug-likeness (QED) is 0.632. The van der Waals surface area contributed by atoms with Crippen LogP contribution in [0.4, 0.5) is 0 Å². The van der Waals surface area contributed by atoms with Crippen LogP contribution in [0.1, 0.15) is 25.0 Å². The summed E-state index contributed by atoms with van der Waals surface area (Å²) in [7, 11) is 3.27. The molecule has 0 bridgehead atoms. The maximum Gasteiger partial charge on any atom is 0.161 e. The average Bonchev–Trinajstić information content (AvgIpc) is 2.38. The number of aryl methyl sites for hydroxylation is 1. The van der Waals surface area contributed by atoms with Crippen LogP contribution in [-0.2, 0) is 5.41 Å². The number of hydrogen-bond donors (Lipinski definition) is 1. The van der Waals surface area contributed by atoms with Gasteiger partial charge in [0.25, 0.3) is 0 Å². The molecule has 0 saturated carbocycles. The molecule has 1 N–H and O–H groups in total. The Hall–Kier alpha value is -1.73. The second kappa shape index (κ2) is 6.44. The number of ether oxygens (including phenoxy) is 2. The number of nitriles is 1. The topological polar surface area (TPSA) is 54.3 Å². The van der Waals surface area contributed by atoms with Gasteiger partial charge in [-0.05, 0) is 30.2 Å². The third kappa shape index (κ3) is 3.62. The van der Waals surface area contributed by atoms with Crippen molar-refractivity contribution in [1.29, 1.82) is 5.26 Å². The molecule has 0 saturated heterocycles. The molecule has 19 heavy (non-hydrogen) atoms. The van der Waals surface area contributed by atoms with E-state index in [2.05, 4.69) is 32.2 Å². The predicted molar refractivity (Wildman–Crippen MR) is 75.8 cm³/mol. The summed E-state index contributed by atoms with van der Waals surface area (Å²) in [5.41, 5.74) is 2.26. The van der Waals surface area contributed by atoms with Crippen molar-refractivity contribution >= 4 is 0 Å². The molecule has 1 aromatic carbocycles. The molecule has 4 nitrogen and oxygen atoms in total. The first kappa shape index (κ1) is 15.3. The van der Waals surface area contributed by atoms with Crippen LogP contribution in [0.3, 0.4) is 0 Å². The molecule has 104 valence electrons. The van der Waals surface area contributed by atoms with E-state index < -0.39 is 0 Å². The number of methoxy groups -OCH3 is 2. The Morgan fingerprint density at radius 2 is 1.79 bits per heavy atom. The van der Waals surface area contributed by atoms with Crippen LogP contribution in [0, 0.1) is 18.3 Å². The van der Waals surface area contributed by atoms with Crippen LogP contribution in [0.5, 0.6) is 11.5 Å². The number of nitrogens with zero attached hydrogens (tertiary/aromatic N) is 1. The van der Waals surface area contributed by atoms with Gasteiger partial charge in [0.2, 0.25) is 0 Å². The van der Waals surface area contributed by atoms with Gasteiger partial charge >= 0.3 is 0 Å². The van der Waals surface area contributed by atoms with Gasteiger partial charge in [0, 0.05) is 12.0 Å². The van der Waals surface area contributed by atoms with Crippen LogP contribution in [-0.4, -0.2) is 27.3 Å². The lowest BCUT2D eigenvalue weighted by Gasteiger charge is -2.28. The standard InChI is InChI=1S/C15H22N2O2/c1-11-8-13(18-4)14(19-5)9-12(11)15(2,3)10-17-7-6-16/h8-9,17H,7,10H2,1-5H3. The SMILES string of the molecule is COc1cc(C)c(C(C)(C)CNCC#N)cc1OC. The first-order valence-electron chi connectivity index (χ1n) is 6.27. The van der Waals surface area contributed by atoms with E-state index >= 15 is 0 Å². The molecule has 0 aliphatic heterocycles. The number of rotatable bonds is 6. The molecular formula is C15H22N2O2. The maximum absolute atomic E-state index is 8.59. The van der Waals surface area contributed by atoms with E-state index in [0.29, 0.717) is 6.54 Å². The molecule has 0 aliphatic rings. The van der Waals surface area contributed by atoms with Gasteiger partial charge in [-0.15, -0.1) is 0 Å². The Kier molecular flexibility index (Phi) is 5.20. The van der Waals surface area contributed by atoms with E-state index in [0.717, 1.165) is 23.6 Å². The van der Waals surface area contributed by atoms with Crippen LogP contribution in [0.2, 0.25) is 0 Å². The zero-order valence-electron chi connectivity index (χ0n) is 12.3. The smallest absolute Gasteiger partial charge is 0.161 e. The van der Waals surface area contributed by atoms with Crippen molar-refractivity contribution in [2.24, 2.45) is 0 Å². The minimum atomic E-state index is -0.0829. The summed E-state index contributed by atoms with van der Waals surface area (Å²) in [5.74, 6) is 1.47. The Morgan fingerprint density at radius 1 is 1.21 bits per heavy atom.